The Bertz CT molecular complexity index is 337. The molecule has 1 amide bonds. The summed E-state index contributed by atoms with van der Waals surface area (Å²) < 4.78 is 5.67. The van der Waals surface area contributed by atoms with Gasteiger partial charge in [-0.25, -0.2) is 0 Å². The van der Waals surface area contributed by atoms with Crippen molar-refractivity contribution in [2.24, 2.45) is 5.41 Å². The molecule has 0 unspecified atom stereocenters. The number of rotatable bonds is 9. The normalized spacial score (nSPS) is 16.7. The van der Waals surface area contributed by atoms with E-state index < -0.39 is 11.4 Å². The number of carboxylic acids is 1. The van der Waals surface area contributed by atoms with E-state index in [-0.39, 0.29) is 25.0 Å². The molecule has 0 aliphatic carbocycles. The molecule has 6 nitrogen and oxygen atoms in total. The lowest BCUT2D eigenvalue weighted by Crippen LogP contribution is -2.42. The summed E-state index contributed by atoms with van der Waals surface area (Å²) in [6.45, 7) is 6.18. The predicted octanol–water partition coefficient (Wildman–Crippen LogP) is 1.15. The van der Waals surface area contributed by atoms with Crippen molar-refractivity contribution in [1.29, 1.82) is 0 Å². The smallest absolute Gasteiger partial charge is 0.311 e. The number of hydrogen-bond donors (Lipinski definition) is 3. The topological polar surface area (TPSA) is 87.7 Å². The molecule has 0 bridgehead atoms. The first-order chi connectivity index (χ1) is 10.0. The number of hydrogen-bond acceptors (Lipinski definition) is 4. The van der Waals surface area contributed by atoms with Crippen LogP contribution in [0.3, 0.4) is 0 Å². The standard InChI is InChI=1S/C15H28N2O4/c1-3-15(4-2,14(19)20)11-17-13(18)7-10-21-12-5-8-16-9-6-12/h12,16H,3-11H2,1-2H3,(H,17,18)(H,19,20). The van der Waals surface area contributed by atoms with E-state index in [1.54, 1.807) is 0 Å². The number of carbonyl (C=O) groups is 2. The lowest BCUT2D eigenvalue weighted by molar-refractivity contribution is -0.149. The summed E-state index contributed by atoms with van der Waals surface area (Å²) in [5, 5.41) is 15.3. The molecule has 21 heavy (non-hydrogen) atoms. The largest absolute Gasteiger partial charge is 0.481 e. The third kappa shape index (κ3) is 5.63. The summed E-state index contributed by atoms with van der Waals surface area (Å²) in [6, 6.07) is 0. The molecule has 3 N–H and O–H groups in total. The molecule has 1 saturated heterocycles. The number of piperidine rings is 1. The summed E-state index contributed by atoms with van der Waals surface area (Å²) in [5.74, 6) is -0.991. The van der Waals surface area contributed by atoms with Crippen molar-refractivity contribution in [1.82, 2.24) is 10.6 Å². The van der Waals surface area contributed by atoms with Crippen molar-refractivity contribution in [3.8, 4) is 0 Å². The molecule has 0 spiro atoms. The first-order valence-electron chi connectivity index (χ1n) is 7.86. The van der Waals surface area contributed by atoms with Gasteiger partial charge in [0.1, 0.15) is 0 Å². The maximum absolute atomic E-state index is 11.8. The van der Waals surface area contributed by atoms with Crippen LogP contribution >= 0.6 is 0 Å². The molecule has 1 fully saturated rings. The van der Waals surface area contributed by atoms with Gasteiger partial charge in [-0.3, -0.25) is 9.59 Å². The fourth-order valence-corrected chi connectivity index (χ4v) is 2.51. The van der Waals surface area contributed by atoms with Gasteiger partial charge >= 0.3 is 5.97 Å². The Morgan fingerprint density at radius 3 is 2.43 bits per heavy atom. The zero-order chi connectivity index (χ0) is 15.7. The first-order valence-corrected chi connectivity index (χ1v) is 7.86. The van der Waals surface area contributed by atoms with Gasteiger partial charge in [-0.15, -0.1) is 0 Å². The second-order valence-corrected chi connectivity index (χ2v) is 5.64. The maximum Gasteiger partial charge on any atom is 0.311 e. The third-order valence-electron chi connectivity index (χ3n) is 4.40. The zero-order valence-corrected chi connectivity index (χ0v) is 13.1. The maximum atomic E-state index is 11.8. The van der Waals surface area contributed by atoms with E-state index >= 15 is 0 Å². The average Bonchev–Trinajstić information content (AvgIpc) is 2.49. The highest BCUT2D eigenvalue weighted by molar-refractivity contribution is 5.79. The quantitative estimate of drug-likeness (QED) is 0.594. The van der Waals surface area contributed by atoms with Crippen LogP contribution in [0.5, 0.6) is 0 Å². The van der Waals surface area contributed by atoms with Crippen LogP contribution in [-0.2, 0) is 14.3 Å². The molecular formula is C15H28N2O4. The summed E-state index contributed by atoms with van der Waals surface area (Å²) >= 11 is 0. The molecule has 122 valence electrons. The molecule has 1 aliphatic rings. The minimum Gasteiger partial charge on any atom is -0.481 e. The van der Waals surface area contributed by atoms with Crippen molar-refractivity contribution in [2.75, 3.05) is 26.2 Å². The fourth-order valence-electron chi connectivity index (χ4n) is 2.51. The number of carbonyl (C=O) groups excluding carboxylic acids is 1. The second kappa shape index (κ2) is 9.00. The molecule has 1 aliphatic heterocycles. The van der Waals surface area contributed by atoms with E-state index in [1.807, 2.05) is 13.8 Å². The highest BCUT2D eigenvalue weighted by Gasteiger charge is 2.35. The van der Waals surface area contributed by atoms with E-state index in [0.29, 0.717) is 19.4 Å². The van der Waals surface area contributed by atoms with Crippen LogP contribution in [0.1, 0.15) is 46.0 Å². The van der Waals surface area contributed by atoms with Gasteiger partial charge in [-0.2, -0.15) is 0 Å². The van der Waals surface area contributed by atoms with E-state index in [1.165, 1.54) is 0 Å². The van der Waals surface area contributed by atoms with Crippen LogP contribution in [0.4, 0.5) is 0 Å². The summed E-state index contributed by atoms with van der Waals surface area (Å²) in [5.41, 5.74) is -0.856. The van der Waals surface area contributed by atoms with Gasteiger partial charge in [0.2, 0.25) is 5.91 Å². The molecule has 1 rings (SSSR count). The van der Waals surface area contributed by atoms with Crippen LogP contribution in [-0.4, -0.2) is 49.3 Å². The zero-order valence-electron chi connectivity index (χ0n) is 13.1. The highest BCUT2D eigenvalue weighted by Crippen LogP contribution is 2.25. The van der Waals surface area contributed by atoms with Gasteiger partial charge in [0.15, 0.2) is 0 Å². The molecule has 0 aromatic rings. The molecule has 0 atom stereocenters. The van der Waals surface area contributed by atoms with E-state index in [2.05, 4.69) is 10.6 Å². The molecule has 0 saturated carbocycles. The number of carboxylic acid groups (broad SMARTS) is 1. The van der Waals surface area contributed by atoms with Gasteiger partial charge in [0, 0.05) is 13.0 Å². The minimum absolute atomic E-state index is 0.142. The summed E-state index contributed by atoms with van der Waals surface area (Å²) in [6.07, 6.45) is 3.50. The van der Waals surface area contributed by atoms with Gasteiger partial charge in [0.25, 0.3) is 0 Å². The number of aliphatic carboxylic acids is 1. The Labute approximate surface area is 126 Å². The van der Waals surface area contributed by atoms with Gasteiger partial charge < -0.3 is 20.5 Å². The van der Waals surface area contributed by atoms with Crippen molar-refractivity contribution in [2.45, 2.75) is 52.1 Å². The summed E-state index contributed by atoms with van der Waals surface area (Å²) in [7, 11) is 0. The Morgan fingerprint density at radius 1 is 1.29 bits per heavy atom. The predicted molar refractivity (Wildman–Crippen MR) is 80.1 cm³/mol. The second-order valence-electron chi connectivity index (χ2n) is 5.64. The van der Waals surface area contributed by atoms with E-state index in [0.717, 1.165) is 25.9 Å². The van der Waals surface area contributed by atoms with Crippen molar-refractivity contribution in [3.05, 3.63) is 0 Å². The van der Waals surface area contributed by atoms with Crippen molar-refractivity contribution in [3.63, 3.8) is 0 Å². The molecular weight excluding hydrogens is 272 g/mol. The van der Waals surface area contributed by atoms with Crippen LogP contribution < -0.4 is 10.6 Å². The first kappa shape index (κ1) is 17.9. The Morgan fingerprint density at radius 2 is 1.90 bits per heavy atom. The number of nitrogens with one attached hydrogen (secondary N) is 2. The molecule has 6 heteroatoms. The molecule has 0 aromatic carbocycles. The van der Waals surface area contributed by atoms with E-state index in [9.17, 15) is 14.7 Å². The van der Waals surface area contributed by atoms with Crippen molar-refractivity contribution < 1.29 is 19.4 Å². The van der Waals surface area contributed by atoms with Gasteiger partial charge in [0.05, 0.1) is 18.1 Å². The van der Waals surface area contributed by atoms with Gasteiger partial charge in [-0.1, -0.05) is 13.8 Å². The molecule has 0 radical (unpaired) electrons. The van der Waals surface area contributed by atoms with Gasteiger partial charge in [-0.05, 0) is 38.8 Å². The number of amides is 1. The number of ether oxygens (including phenoxy) is 1. The highest BCUT2D eigenvalue weighted by atomic mass is 16.5. The SMILES string of the molecule is CCC(CC)(CNC(=O)CCOC1CCNCC1)C(=O)O. The van der Waals surface area contributed by atoms with Crippen LogP contribution in [0.15, 0.2) is 0 Å². The Hall–Kier alpha value is -1.14. The van der Waals surface area contributed by atoms with Crippen LogP contribution in [0.25, 0.3) is 0 Å². The lowest BCUT2D eigenvalue weighted by atomic mass is 9.82. The third-order valence-corrected chi connectivity index (χ3v) is 4.40. The van der Waals surface area contributed by atoms with Crippen molar-refractivity contribution >= 4 is 11.9 Å². The summed E-state index contributed by atoms with van der Waals surface area (Å²) in [4.78, 5) is 23.1. The molecule has 1 heterocycles. The lowest BCUT2D eigenvalue weighted by Gasteiger charge is -2.27. The van der Waals surface area contributed by atoms with E-state index in [4.69, 9.17) is 4.74 Å². The Kier molecular flexibility index (Phi) is 7.67. The van der Waals surface area contributed by atoms with Crippen LogP contribution in [0, 0.1) is 5.41 Å². The Balaban J connectivity index is 2.24. The minimum atomic E-state index is -0.856. The molecule has 0 aromatic heterocycles. The fraction of sp³-hybridized carbons (Fsp3) is 0.867. The monoisotopic (exact) mass is 300 g/mol. The average molecular weight is 300 g/mol. The van der Waals surface area contributed by atoms with Crippen LogP contribution in [0.2, 0.25) is 0 Å².